The Balaban J connectivity index is 2.03. The van der Waals surface area contributed by atoms with Gasteiger partial charge in [-0.1, -0.05) is 12.1 Å². The molecule has 0 aliphatic heterocycles. The molecule has 1 fully saturated rings. The Bertz CT molecular complexity index is 412. The predicted octanol–water partition coefficient (Wildman–Crippen LogP) is 5.02. The van der Waals surface area contributed by atoms with Crippen molar-refractivity contribution in [2.45, 2.75) is 38.0 Å². The quantitative estimate of drug-likeness (QED) is 0.657. The average molecular weight is 249 g/mol. The van der Waals surface area contributed by atoms with E-state index in [2.05, 4.69) is 13.0 Å². The summed E-state index contributed by atoms with van der Waals surface area (Å²) in [5, 5.41) is 0. The van der Waals surface area contributed by atoms with Gasteiger partial charge >= 0.3 is 0 Å². The zero-order chi connectivity index (χ0) is 13.0. The van der Waals surface area contributed by atoms with Crippen molar-refractivity contribution in [1.29, 1.82) is 0 Å². The first-order valence-electron chi connectivity index (χ1n) is 6.60. The van der Waals surface area contributed by atoms with Gasteiger partial charge in [0, 0.05) is 0 Å². The van der Waals surface area contributed by atoms with Gasteiger partial charge in [-0.3, -0.25) is 0 Å². The SMILES string of the molecule is C=CCCC1[CH]CCC(c2ccc(F)c(F)c2)C1. The van der Waals surface area contributed by atoms with Crippen LogP contribution in [0.25, 0.3) is 0 Å². The van der Waals surface area contributed by atoms with E-state index in [9.17, 15) is 8.78 Å². The normalized spacial score (nSPS) is 23.9. The van der Waals surface area contributed by atoms with Crippen LogP contribution < -0.4 is 0 Å². The number of halogens is 2. The van der Waals surface area contributed by atoms with Gasteiger partial charge in [0.25, 0.3) is 0 Å². The molecular formula is C16H19F2. The summed E-state index contributed by atoms with van der Waals surface area (Å²) < 4.78 is 26.2. The Morgan fingerprint density at radius 3 is 2.83 bits per heavy atom. The van der Waals surface area contributed by atoms with Gasteiger partial charge in [0.15, 0.2) is 11.6 Å². The van der Waals surface area contributed by atoms with E-state index in [4.69, 9.17) is 0 Å². The highest BCUT2D eigenvalue weighted by Crippen LogP contribution is 2.37. The summed E-state index contributed by atoms with van der Waals surface area (Å²) in [5.41, 5.74) is 0.936. The van der Waals surface area contributed by atoms with E-state index in [0.717, 1.165) is 37.7 Å². The van der Waals surface area contributed by atoms with E-state index >= 15 is 0 Å². The van der Waals surface area contributed by atoms with E-state index in [-0.39, 0.29) is 0 Å². The monoisotopic (exact) mass is 249 g/mol. The third kappa shape index (κ3) is 3.18. The maximum absolute atomic E-state index is 13.2. The molecule has 2 rings (SSSR count). The first-order chi connectivity index (χ1) is 8.70. The smallest absolute Gasteiger partial charge is 0.159 e. The Hall–Kier alpha value is -1.18. The van der Waals surface area contributed by atoms with E-state index in [1.165, 1.54) is 12.1 Å². The van der Waals surface area contributed by atoms with E-state index in [1.54, 1.807) is 6.07 Å². The molecule has 1 aromatic carbocycles. The molecule has 2 heteroatoms. The molecule has 0 amide bonds. The summed E-state index contributed by atoms with van der Waals surface area (Å²) in [4.78, 5) is 0. The molecule has 0 heterocycles. The van der Waals surface area contributed by atoms with Crippen LogP contribution in [0.5, 0.6) is 0 Å². The van der Waals surface area contributed by atoms with E-state index in [0.29, 0.717) is 11.8 Å². The second-order valence-corrected chi connectivity index (χ2v) is 5.05. The largest absolute Gasteiger partial charge is 0.204 e. The fraction of sp³-hybridized carbons (Fsp3) is 0.438. The van der Waals surface area contributed by atoms with Crippen molar-refractivity contribution < 1.29 is 8.78 Å². The van der Waals surface area contributed by atoms with Crippen molar-refractivity contribution >= 4 is 0 Å². The van der Waals surface area contributed by atoms with E-state index in [1.807, 2.05) is 6.08 Å². The molecule has 18 heavy (non-hydrogen) atoms. The molecule has 1 aliphatic carbocycles. The maximum Gasteiger partial charge on any atom is 0.159 e. The predicted molar refractivity (Wildman–Crippen MR) is 70.2 cm³/mol. The molecule has 1 radical (unpaired) electrons. The minimum atomic E-state index is -0.760. The highest BCUT2D eigenvalue weighted by molar-refractivity contribution is 5.22. The molecule has 2 atom stereocenters. The number of hydrogen-bond acceptors (Lipinski definition) is 0. The Kier molecular flexibility index (Phi) is 4.51. The van der Waals surface area contributed by atoms with Gasteiger partial charge in [-0.15, -0.1) is 6.58 Å². The number of benzene rings is 1. The molecule has 97 valence electrons. The zero-order valence-corrected chi connectivity index (χ0v) is 10.5. The minimum Gasteiger partial charge on any atom is -0.204 e. The second kappa shape index (κ2) is 6.12. The number of rotatable bonds is 4. The fourth-order valence-corrected chi connectivity index (χ4v) is 2.75. The van der Waals surface area contributed by atoms with Crippen molar-refractivity contribution in [3.8, 4) is 0 Å². The second-order valence-electron chi connectivity index (χ2n) is 5.05. The summed E-state index contributed by atoms with van der Waals surface area (Å²) in [6.45, 7) is 3.74. The molecule has 2 unspecified atom stereocenters. The van der Waals surface area contributed by atoms with Gasteiger partial charge in [-0.25, -0.2) is 8.78 Å². The first-order valence-corrected chi connectivity index (χ1v) is 6.60. The fourth-order valence-electron chi connectivity index (χ4n) is 2.75. The van der Waals surface area contributed by atoms with Crippen LogP contribution in [0.3, 0.4) is 0 Å². The van der Waals surface area contributed by atoms with Crippen LogP contribution in [0.4, 0.5) is 8.78 Å². The zero-order valence-electron chi connectivity index (χ0n) is 10.5. The van der Waals surface area contributed by atoms with Gasteiger partial charge in [0.1, 0.15) is 0 Å². The first kappa shape index (κ1) is 13.3. The lowest BCUT2D eigenvalue weighted by Crippen LogP contribution is -2.15. The van der Waals surface area contributed by atoms with Gasteiger partial charge < -0.3 is 0 Å². The third-order valence-electron chi connectivity index (χ3n) is 3.76. The Labute approximate surface area is 108 Å². The van der Waals surface area contributed by atoms with Crippen LogP contribution in [0.2, 0.25) is 0 Å². The minimum absolute atomic E-state index is 0.361. The summed E-state index contributed by atoms with van der Waals surface area (Å²) >= 11 is 0. The summed E-state index contributed by atoms with van der Waals surface area (Å²) in [6.07, 6.45) is 9.57. The lowest BCUT2D eigenvalue weighted by atomic mass is 9.76. The summed E-state index contributed by atoms with van der Waals surface area (Å²) in [6, 6.07) is 4.32. The number of allylic oxidation sites excluding steroid dienone is 1. The van der Waals surface area contributed by atoms with Crippen LogP contribution in [0.15, 0.2) is 30.9 Å². The van der Waals surface area contributed by atoms with Crippen LogP contribution in [-0.2, 0) is 0 Å². The van der Waals surface area contributed by atoms with Gasteiger partial charge in [-0.05, 0) is 68.1 Å². The van der Waals surface area contributed by atoms with Gasteiger partial charge in [0.2, 0.25) is 0 Å². The van der Waals surface area contributed by atoms with Crippen LogP contribution >= 0.6 is 0 Å². The lowest BCUT2D eigenvalue weighted by Gasteiger charge is -2.29. The molecular weight excluding hydrogens is 230 g/mol. The van der Waals surface area contributed by atoms with Crippen LogP contribution in [-0.4, -0.2) is 0 Å². The molecule has 1 saturated carbocycles. The molecule has 0 spiro atoms. The van der Waals surface area contributed by atoms with Crippen molar-refractivity contribution in [1.82, 2.24) is 0 Å². The Morgan fingerprint density at radius 1 is 1.28 bits per heavy atom. The molecule has 1 aliphatic rings. The molecule has 0 nitrogen and oxygen atoms in total. The maximum atomic E-state index is 13.2. The average Bonchev–Trinajstić information content (AvgIpc) is 2.40. The lowest BCUT2D eigenvalue weighted by molar-refractivity contribution is 0.379. The highest BCUT2D eigenvalue weighted by atomic mass is 19.2. The van der Waals surface area contributed by atoms with Crippen molar-refractivity contribution in [3.05, 3.63) is 54.5 Å². The molecule has 0 bridgehead atoms. The molecule has 0 aromatic heterocycles. The van der Waals surface area contributed by atoms with Crippen LogP contribution in [0.1, 0.15) is 43.6 Å². The van der Waals surface area contributed by atoms with Crippen LogP contribution in [0, 0.1) is 24.0 Å². The van der Waals surface area contributed by atoms with Gasteiger partial charge in [0.05, 0.1) is 0 Å². The van der Waals surface area contributed by atoms with Crippen molar-refractivity contribution in [2.24, 2.45) is 5.92 Å². The Morgan fingerprint density at radius 2 is 2.11 bits per heavy atom. The molecule has 1 aromatic rings. The van der Waals surface area contributed by atoms with Crippen molar-refractivity contribution in [3.63, 3.8) is 0 Å². The standard InChI is InChI=1S/C16H19F2/c1-2-3-5-12-6-4-7-13(10-12)14-8-9-15(17)16(18)11-14/h2,6,8-9,11-13H,1,3-5,7,10H2. The third-order valence-corrected chi connectivity index (χ3v) is 3.76. The summed E-state index contributed by atoms with van der Waals surface area (Å²) in [5.74, 6) is -0.552. The van der Waals surface area contributed by atoms with Crippen molar-refractivity contribution in [2.75, 3.05) is 0 Å². The molecule has 0 saturated heterocycles. The number of hydrogen-bond donors (Lipinski definition) is 0. The topological polar surface area (TPSA) is 0 Å². The van der Waals surface area contributed by atoms with Gasteiger partial charge in [-0.2, -0.15) is 0 Å². The summed E-state index contributed by atoms with van der Waals surface area (Å²) in [7, 11) is 0. The molecule has 0 N–H and O–H groups in total. The highest BCUT2D eigenvalue weighted by Gasteiger charge is 2.23. The van der Waals surface area contributed by atoms with E-state index < -0.39 is 11.6 Å².